The molecule has 0 aliphatic heterocycles. The first kappa shape index (κ1) is 7.68. The van der Waals surface area contributed by atoms with Crippen LogP contribution in [0.5, 0.6) is 0 Å². The topological polar surface area (TPSA) is 52.5 Å². The largest absolute Gasteiger partial charge is 0.386 e. The number of hydrogen-bond donors (Lipinski definition) is 3. The van der Waals surface area contributed by atoms with Crippen LogP contribution in [0.25, 0.3) is 0 Å². The van der Waals surface area contributed by atoms with Crippen LogP contribution in [0.2, 0.25) is 0 Å². The molecule has 0 spiro atoms. The highest BCUT2D eigenvalue weighted by Gasteiger charge is 2.05. The zero-order valence-corrected chi connectivity index (χ0v) is 6.14. The first-order chi connectivity index (χ1) is 4.84. The number of thiophene rings is 1. The number of hydrogen-bond acceptors (Lipinski definition) is 4. The van der Waals surface area contributed by atoms with Crippen molar-refractivity contribution in [1.29, 1.82) is 0 Å². The van der Waals surface area contributed by atoms with E-state index in [-0.39, 0.29) is 6.54 Å². The maximum absolute atomic E-state index is 9.20. The monoisotopic (exact) mass is 159 g/mol. The second-order valence-electron chi connectivity index (χ2n) is 1.89. The molecule has 0 aliphatic rings. The van der Waals surface area contributed by atoms with Gasteiger partial charge in [0.2, 0.25) is 0 Å². The summed E-state index contributed by atoms with van der Waals surface area (Å²) in [6.07, 6.45) is -0.593. The van der Waals surface area contributed by atoms with E-state index in [1.807, 2.05) is 23.0 Å². The van der Waals surface area contributed by atoms with E-state index >= 15 is 0 Å². The third-order valence-corrected chi connectivity index (χ3v) is 2.13. The lowest BCUT2D eigenvalue weighted by molar-refractivity contribution is 0.0940. The Labute approximate surface area is 62.9 Å². The van der Waals surface area contributed by atoms with Crippen molar-refractivity contribution in [3.8, 4) is 0 Å². The average molecular weight is 159 g/mol. The third kappa shape index (κ3) is 1.78. The Hall–Kier alpha value is -0.420. The van der Waals surface area contributed by atoms with Crippen LogP contribution in [0.4, 0.5) is 0 Å². The van der Waals surface area contributed by atoms with Gasteiger partial charge < -0.3 is 10.3 Å². The van der Waals surface area contributed by atoms with Crippen molar-refractivity contribution < 1.29 is 10.3 Å². The van der Waals surface area contributed by atoms with Gasteiger partial charge in [0.25, 0.3) is 0 Å². The van der Waals surface area contributed by atoms with Gasteiger partial charge >= 0.3 is 0 Å². The molecule has 0 fully saturated rings. The molecule has 0 saturated carbocycles. The molecule has 1 aromatic rings. The van der Waals surface area contributed by atoms with Crippen LogP contribution in [0.15, 0.2) is 17.5 Å². The molecule has 10 heavy (non-hydrogen) atoms. The summed E-state index contributed by atoms with van der Waals surface area (Å²) >= 11 is 1.47. The van der Waals surface area contributed by atoms with Gasteiger partial charge in [-0.15, -0.1) is 11.3 Å². The second-order valence-corrected chi connectivity index (χ2v) is 2.87. The van der Waals surface area contributed by atoms with E-state index < -0.39 is 6.10 Å². The Morgan fingerprint density at radius 2 is 2.50 bits per heavy atom. The van der Waals surface area contributed by atoms with Crippen LogP contribution < -0.4 is 5.48 Å². The average Bonchev–Trinajstić information content (AvgIpc) is 2.38. The predicted octanol–water partition coefficient (Wildman–Crippen LogP) is 0.760. The molecule has 0 aliphatic carbocycles. The lowest BCUT2D eigenvalue weighted by Gasteiger charge is -2.04. The van der Waals surface area contributed by atoms with Crippen molar-refractivity contribution in [2.45, 2.75) is 6.10 Å². The molecular weight excluding hydrogens is 150 g/mol. The van der Waals surface area contributed by atoms with Gasteiger partial charge in [0, 0.05) is 4.88 Å². The standard InChI is InChI=1S/C6H9NO2S/c8-5(4-7-9)6-2-1-3-10-6/h1-3,5,7-9H,4H2. The van der Waals surface area contributed by atoms with Crippen molar-refractivity contribution in [2.24, 2.45) is 0 Å². The lowest BCUT2D eigenvalue weighted by atomic mass is 10.3. The van der Waals surface area contributed by atoms with E-state index in [1.54, 1.807) is 0 Å². The van der Waals surface area contributed by atoms with E-state index in [9.17, 15) is 5.11 Å². The van der Waals surface area contributed by atoms with Crippen LogP contribution in [0, 0.1) is 0 Å². The third-order valence-electron chi connectivity index (χ3n) is 1.16. The van der Waals surface area contributed by atoms with Crippen LogP contribution in [-0.4, -0.2) is 16.9 Å². The summed E-state index contributed by atoms with van der Waals surface area (Å²) in [6.45, 7) is 0.181. The SMILES string of the molecule is ONCC(O)c1cccs1. The van der Waals surface area contributed by atoms with Crippen molar-refractivity contribution in [3.63, 3.8) is 0 Å². The number of aliphatic hydroxyl groups excluding tert-OH is 1. The first-order valence-electron chi connectivity index (χ1n) is 2.93. The van der Waals surface area contributed by atoms with E-state index in [0.29, 0.717) is 0 Å². The maximum atomic E-state index is 9.20. The minimum absolute atomic E-state index is 0.181. The smallest absolute Gasteiger partial charge is 0.103 e. The van der Waals surface area contributed by atoms with E-state index in [4.69, 9.17) is 5.21 Å². The van der Waals surface area contributed by atoms with Crippen LogP contribution >= 0.6 is 11.3 Å². The summed E-state index contributed by atoms with van der Waals surface area (Å²) in [5, 5.41) is 19.3. The van der Waals surface area contributed by atoms with Gasteiger partial charge in [-0.25, -0.2) is 5.48 Å². The summed E-state index contributed by atoms with van der Waals surface area (Å²) < 4.78 is 0. The quantitative estimate of drug-likeness (QED) is 0.571. The maximum Gasteiger partial charge on any atom is 0.103 e. The summed E-state index contributed by atoms with van der Waals surface area (Å²) in [5.74, 6) is 0. The zero-order chi connectivity index (χ0) is 7.40. The molecule has 56 valence electrons. The lowest BCUT2D eigenvalue weighted by Crippen LogP contribution is -2.16. The molecule has 3 nitrogen and oxygen atoms in total. The first-order valence-corrected chi connectivity index (χ1v) is 3.81. The summed E-state index contributed by atoms with van der Waals surface area (Å²) in [6, 6.07) is 3.69. The van der Waals surface area contributed by atoms with E-state index in [0.717, 1.165) is 4.88 Å². The highest BCUT2D eigenvalue weighted by atomic mass is 32.1. The Kier molecular flexibility index (Phi) is 2.82. The number of hydroxylamine groups is 1. The summed E-state index contributed by atoms with van der Waals surface area (Å²) in [7, 11) is 0. The minimum Gasteiger partial charge on any atom is -0.386 e. The van der Waals surface area contributed by atoms with E-state index in [1.165, 1.54) is 11.3 Å². The molecule has 0 amide bonds. The predicted molar refractivity (Wildman–Crippen MR) is 39.1 cm³/mol. The molecule has 0 saturated heterocycles. The molecule has 0 radical (unpaired) electrons. The van der Waals surface area contributed by atoms with E-state index in [2.05, 4.69) is 0 Å². The highest BCUT2D eigenvalue weighted by Crippen LogP contribution is 2.17. The van der Waals surface area contributed by atoms with Crippen molar-refractivity contribution in [2.75, 3.05) is 6.54 Å². The molecule has 0 bridgehead atoms. The molecule has 1 unspecified atom stereocenters. The molecule has 3 N–H and O–H groups in total. The van der Waals surface area contributed by atoms with Gasteiger partial charge in [0.15, 0.2) is 0 Å². The zero-order valence-electron chi connectivity index (χ0n) is 5.32. The fraction of sp³-hybridized carbons (Fsp3) is 0.333. The fourth-order valence-electron chi connectivity index (χ4n) is 0.668. The number of aliphatic hydroxyl groups is 1. The minimum atomic E-state index is -0.593. The van der Waals surface area contributed by atoms with Crippen LogP contribution in [-0.2, 0) is 0 Å². The van der Waals surface area contributed by atoms with Gasteiger partial charge in [-0.3, -0.25) is 0 Å². The molecule has 1 heterocycles. The second kappa shape index (κ2) is 3.68. The van der Waals surface area contributed by atoms with Crippen molar-refractivity contribution in [3.05, 3.63) is 22.4 Å². The summed E-state index contributed by atoms with van der Waals surface area (Å²) in [4.78, 5) is 0.863. The molecule has 1 aromatic heterocycles. The number of nitrogens with one attached hydrogen (secondary N) is 1. The summed E-state index contributed by atoms with van der Waals surface area (Å²) in [5.41, 5.74) is 1.91. The number of rotatable bonds is 3. The van der Waals surface area contributed by atoms with Crippen molar-refractivity contribution >= 4 is 11.3 Å². The molecule has 1 rings (SSSR count). The van der Waals surface area contributed by atoms with Crippen molar-refractivity contribution in [1.82, 2.24) is 5.48 Å². The fourth-order valence-corrected chi connectivity index (χ4v) is 1.38. The highest BCUT2D eigenvalue weighted by molar-refractivity contribution is 7.10. The molecule has 0 aromatic carbocycles. The molecule has 1 atom stereocenters. The van der Waals surface area contributed by atoms with Crippen LogP contribution in [0.1, 0.15) is 11.0 Å². The Morgan fingerprint density at radius 3 is 3.00 bits per heavy atom. The van der Waals surface area contributed by atoms with Gasteiger partial charge in [0.05, 0.1) is 6.54 Å². The van der Waals surface area contributed by atoms with Gasteiger partial charge in [-0.1, -0.05) is 6.07 Å². The van der Waals surface area contributed by atoms with Crippen LogP contribution in [0.3, 0.4) is 0 Å². The molecule has 4 heteroatoms. The van der Waals surface area contributed by atoms with Gasteiger partial charge in [-0.05, 0) is 11.4 Å². The molecular formula is C6H9NO2S. The Bertz CT molecular complexity index is 176. The normalized spacial score (nSPS) is 13.4. The van der Waals surface area contributed by atoms with Gasteiger partial charge in [0.1, 0.15) is 6.10 Å². The Morgan fingerprint density at radius 1 is 1.70 bits per heavy atom. The van der Waals surface area contributed by atoms with Gasteiger partial charge in [-0.2, -0.15) is 0 Å². The Balaban J connectivity index is 2.50.